The van der Waals surface area contributed by atoms with Gasteiger partial charge in [-0.05, 0) is 51.4 Å². The lowest BCUT2D eigenvalue weighted by Crippen LogP contribution is -2.37. The fraction of sp³-hybridized carbons (Fsp3) is 0.845. The number of phosphoric ester groups is 1. The third kappa shape index (κ3) is 55.3. The van der Waals surface area contributed by atoms with E-state index in [-0.39, 0.29) is 25.8 Å². The third-order valence-corrected chi connectivity index (χ3v) is 13.4. The van der Waals surface area contributed by atoms with Crippen LogP contribution in [0.1, 0.15) is 258 Å². The van der Waals surface area contributed by atoms with Crippen LogP contribution in [0.4, 0.5) is 0 Å². The van der Waals surface area contributed by atoms with Gasteiger partial charge >= 0.3 is 5.97 Å². The topological polar surface area (TPSA) is 94.1 Å². The normalized spacial score (nSPS) is 13.8. The Bertz CT molecular complexity index is 1210. The Labute approximate surface area is 416 Å². The largest absolute Gasteiger partial charge is 0.756 e. The smallest absolute Gasteiger partial charge is 0.306 e. The van der Waals surface area contributed by atoms with Crippen LogP contribution >= 0.6 is 7.82 Å². The van der Waals surface area contributed by atoms with Crippen LogP contribution in [0.3, 0.4) is 0 Å². The van der Waals surface area contributed by atoms with Gasteiger partial charge in [-0.1, -0.05) is 249 Å². The molecule has 0 rings (SSSR count). The van der Waals surface area contributed by atoms with Crippen LogP contribution in [0.15, 0.2) is 48.6 Å². The van der Waals surface area contributed by atoms with Crippen molar-refractivity contribution in [3.8, 4) is 0 Å². The van der Waals surface area contributed by atoms with E-state index >= 15 is 0 Å². The van der Waals surface area contributed by atoms with Gasteiger partial charge in [-0.2, -0.15) is 0 Å². The Balaban J connectivity index is 4.07. The van der Waals surface area contributed by atoms with Gasteiger partial charge in [0.2, 0.25) is 0 Å². The highest BCUT2D eigenvalue weighted by molar-refractivity contribution is 7.45. The lowest BCUT2D eigenvalue weighted by Gasteiger charge is -2.28. The molecule has 0 aromatic heterocycles. The summed E-state index contributed by atoms with van der Waals surface area (Å²) in [6.07, 6.45) is 64.4. The molecule has 0 bridgehead atoms. The Kier molecular flexibility index (Phi) is 49.7. The highest BCUT2D eigenvalue weighted by Crippen LogP contribution is 2.38. The van der Waals surface area contributed by atoms with Crippen LogP contribution in [0.25, 0.3) is 0 Å². The summed E-state index contributed by atoms with van der Waals surface area (Å²) >= 11 is 0. The first-order chi connectivity index (χ1) is 32.6. The molecule has 2 atom stereocenters. The molecule has 0 saturated heterocycles. The average Bonchev–Trinajstić information content (AvgIpc) is 3.29. The lowest BCUT2D eigenvalue weighted by atomic mass is 10.0. The van der Waals surface area contributed by atoms with Gasteiger partial charge in [0.15, 0.2) is 0 Å². The maximum atomic E-state index is 12.8. The lowest BCUT2D eigenvalue weighted by molar-refractivity contribution is -0.870. The number of likely N-dealkylation sites (N-methyl/N-ethyl adjacent to an activating group) is 1. The van der Waals surface area contributed by atoms with Gasteiger partial charge in [0.05, 0.1) is 34.4 Å². The number of rotatable bonds is 53. The van der Waals surface area contributed by atoms with Crippen molar-refractivity contribution in [3.63, 3.8) is 0 Å². The maximum Gasteiger partial charge on any atom is 0.306 e. The summed E-state index contributed by atoms with van der Waals surface area (Å²) in [4.78, 5) is 25.2. The minimum atomic E-state index is -4.54. The quantitative estimate of drug-likeness (QED) is 0.0197. The summed E-state index contributed by atoms with van der Waals surface area (Å²) in [5, 5.41) is 0. The summed E-state index contributed by atoms with van der Waals surface area (Å²) in [5.41, 5.74) is 0. The molecule has 8 nitrogen and oxygen atoms in total. The molecule has 0 aliphatic rings. The predicted octanol–water partition coefficient (Wildman–Crippen LogP) is 17.2. The van der Waals surface area contributed by atoms with Crippen molar-refractivity contribution in [2.24, 2.45) is 0 Å². The second-order valence-electron chi connectivity index (χ2n) is 20.3. The fourth-order valence-electron chi connectivity index (χ4n) is 8.07. The number of phosphoric acid groups is 1. The van der Waals surface area contributed by atoms with Crippen LogP contribution in [-0.4, -0.2) is 70.7 Å². The van der Waals surface area contributed by atoms with Gasteiger partial charge in [0, 0.05) is 13.0 Å². The minimum absolute atomic E-state index is 0.0246. The standard InChI is InChI=1S/C58H110NO7P/c1-6-8-10-12-14-16-18-20-22-24-26-28-29-30-32-34-36-38-40-42-44-46-48-50-53-63-55-57(56-65-67(61,62)64-54-52-59(3,4)5)66-58(60)51-49-47-45-43-41-39-37-35-33-31-27-25-23-21-19-17-15-13-11-9-7-2/h9,11,15,17,21,23,27,31,57H,6-8,10,12-14,16,18-20,22,24-26,28-30,32-56H2,1-5H3/b11-9-,17-15-,23-21-,31-27-. The molecule has 0 heterocycles. The Hall–Kier alpha value is -1.54. The molecular weight excluding hydrogens is 854 g/mol. The van der Waals surface area contributed by atoms with Crippen molar-refractivity contribution in [2.45, 2.75) is 264 Å². The van der Waals surface area contributed by atoms with Gasteiger partial charge in [-0.15, -0.1) is 0 Å². The monoisotopic (exact) mass is 964 g/mol. The van der Waals surface area contributed by atoms with Crippen LogP contribution in [0.2, 0.25) is 0 Å². The summed E-state index contributed by atoms with van der Waals surface area (Å²) in [7, 11) is 1.36. The molecule has 0 radical (unpaired) electrons. The first-order valence-electron chi connectivity index (χ1n) is 28.4. The molecule has 0 aromatic carbocycles. The number of hydrogen-bond donors (Lipinski definition) is 0. The number of esters is 1. The number of ether oxygens (including phenoxy) is 2. The fourth-order valence-corrected chi connectivity index (χ4v) is 8.80. The zero-order chi connectivity index (χ0) is 49.0. The van der Waals surface area contributed by atoms with E-state index in [9.17, 15) is 14.3 Å². The Morgan fingerprint density at radius 2 is 0.866 bits per heavy atom. The van der Waals surface area contributed by atoms with E-state index in [1.165, 1.54) is 173 Å². The molecule has 0 aromatic rings. The molecule has 0 amide bonds. The van der Waals surface area contributed by atoms with E-state index in [4.69, 9.17) is 18.5 Å². The van der Waals surface area contributed by atoms with E-state index in [2.05, 4.69) is 62.5 Å². The molecule has 2 unspecified atom stereocenters. The molecule has 0 N–H and O–H groups in total. The zero-order valence-corrected chi connectivity index (χ0v) is 45.7. The van der Waals surface area contributed by atoms with Gasteiger partial charge in [-0.3, -0.25) is 9.36 Å². The van der Waals surface area contributed by atoms with Crippen molar-refractivity contribution in [3.05, 3.63) is 48.6 Å². The van der Waals surface area contributed by atoms with E-state index in [0.717, 1.165) is 64.2 Å². The summed E-state index contributed by atoms with van der Waals surface area (Å²) < 4.78 is 34.8. The van der Waals surface area contributed by atoms with E-state index in [1.54, 1.807) is 0 Å². The summed E-state index contributed by atoms with van der Waals surface area (Å²) in [5.74, 6) is -0.338. The SMILES string of the molecule is CC/C=C\C/C=C\C/C=C\C/C=C\CCCCCCCCCCC(=O)OC(COCCCCCCCCCCCCCCCCCCCCCCCCCC)COP(=O)([O-])OCC[N+](C)(C)C. The number of nitrogens with zero attached hydrogens (tertiary/aromatic N) is 1. The average molecular weight is 964 g/mol. The van der Waals surface area contributed by atoms with Gasteiger partial charge < -0.3 is 27.9 Å². The number of allylic oxidation sites excluding steroid dienone is 8. The number of hydrogen-bond acceptors (Lipinski definition) is 7. The molecule has 0 aliphatic carbocycles. The molecule has 0 fully saturated rings. The second-order valence-corrected chi connectivity index (χ2v) is 21.7. The van der Waals surface area contributed by atoms with Gasteiger partial charge in [0.1, 0.15) is 19.3 Å². The molecule has 67 heavy (non-hydrogen) atoms. The first kappa shape index (κ1) is 65.5. The van der Waals surface area contributed by atoms with E-state index in [1.807, 2.05) is 21.1 Å². The molecule has 0 aliphatic heterocycles. The second kappa shape index (κ2) is 50.8. The zero-order valence-electron chi connectivity index (χ0n) is 44.9. The highest BCUT2D eigenvalue weighted by atomic mass is 31.2. The van der Waals surface area contributed by atoms with Crippen molar-refractivity contribution < 1.29 is 37.3 Å². The van der Waals surface area contributed by atoms with Crippen molar-refractivity contribution in [1.29, 1.82) is 0 Å². The number of unbranched alkanes of at least 4 members (excludes halogenated alkanes) is 31. The number of quaternary nitrogens is 1. The van der Waals surface area contributed by atoms with Crippen LogP contribution in [0, 0.1) is 0 Å². The molecular formula is C58H110NO7P. The van der Waals surface area contributed by atoms with Crippen LogP contribution in [0.5, 0.6) is 0 Å². The third-order valence-electron chi connectivity index (χ3n) is 12.4. The first-order valence-corrected chi connectivity index (χ1v) is 29.8. The van der Waals surface area contributed by atoms with E-state index in [0.29, 0.717) is 24.1 Å². The molecule has 394 valence electrons. The van der Waals surface area contributed by atoms with Crippen molar-refractivity contribution >= 4 is 13.8 Å². The Morgan fingerprint density at radius 1 is 0.478 bits per heavy atom. The maximum absolute atomic E-state index is 12.8. The van der Waals surface area contributed by atoms with Crippen LogP contribution < -0.4 is 4.89 Å². The number of carbonyl (C=O) groups is 1. The predicted molar refractivity (Wildman–Crippen MR) is 286 cm³/mol. The van der Waals surface area contributed by atoms with Crippen LogP contribution in [-0.2, 0) is 27.9 Å². The van der Waals surface area contributed by atoms with Crippen molar-refractivity contribution in [1.82, 2.24) is 0 Å². The molecule has 0 spiro atoms. The molecule has 0 saturated carbocycles. The Morgan fingerprint density at radius 3 is 1.30 bits per heavy atom. The molecule has 9 heteroatoms. The van der Waals surface area contributed by atoms with Gasteiger partial charge in [-0.25, -0.2) is 0 Å². The summed E-state index contributed by atoms with van der Waals surface area (Å²) in [6, 6.07) is 0. The minimum Gasteiger partial charge on any atom is -0.756 e. The number of carbonyl (C=O) groups excluding carboxylic acids is 1. The van der Waals surface area contributed by atoms with Crippen molar-refractivity contribution in [2.75, 3.05) is 54.1 Å². The van der Waals surface area contributed by atoms with E-state index < -0.39 is 13.9 Å². The highest BCUT2D eigenvalue weighted by Gasteiger charge is 2.20. The summed E-state index contributed by atoms with van der Waals surface area (Å²) in [6.45, 7) is 5.34. The van der Waals surface area contributed by atoms with Gasteiger partial charge in [0.25, 0.3) is 7.82 Å².